The highest BCUT2D eigenvalue weighted by molar-refractivity contribution is 6.02. The first-order chi connectivity index (χ1) is 7.75. The summed E-state index contributed by atoms with van der Waals surface area (Å²) in [5, 5.41) is 1.11. The lowest BCUT2D eigenvalue weighted by atomic mass is 10.0. The summed E-state index contributed by atoms with van der Waals surface area (Å²) < 4.78 is 5.72. The van der Waals surface area contributed by atoms with Crippen LogP contribution in [0.3, 0.4) is 0 Å². The van der Waals surface area contributed by atoms with Crippen LogP contribution in [0.2, 0.25) is 0 Å². The van der Waals surface area contributed by atoms with Crippen LogP contribution < -0.4 is 0 Å². The van der Waals surface area contributed by atoms with Gasteiger partial charge < -0.3 is 4.42 Å². The average Bonchev–Trinajstić information content (AvgIpc) is 2.66. The zero-order valence-corrected chi connectivity index (χ0v) is 9.40. The van der Waals surface area contributed by atoms with E-state index in [0.29, 0.717) is 5.92 Å². The highest BCUT2D eigenvalue weighted by Crippen LogP contribution is 2.29. The molecule has 0 fully saturated rings. The van der Waals surface area contributed by atoms with Gasteiger partial charge in [0.1, 0.15) is 11.1 Å². The summed E-state index contributed by atoms with van der Waals surface area (Å²) in [5.41, 5.74) is 4.05. The van der Waals surface area contributed by atoms with Crippen LogP contribution in [0.25, 0.3) is 22.1 Å². The number of rotatable bonds is 1. The summed E-state index contributed by atoms with van der Waals surface area (Å²) in [6, 6.07) is 10.2. The fourth-order valence-electron chi connectivity index (χ4n) is 1.97. The molecule has 0 aliphatic carbocycles. The number of pyridine rings is 1. The number of hydrogen-bond donors (Lipinski definition) is 0. The number of fused-ring (bicyclic) bond motifs is 3. The van der Waals surface area contributed by atoms with Gasteiger partial charge in [-0.1, -0.05) is 19.9 Å². The predicted octanol–water partition coefficient (Wildman–Crippen LogP) is 4.10. The quantitative estimate of drug-likeness (QED) is 0.605. The molecule has 0 saturated carbocycles. The number of furan rings is 1. The zero-order chi connectivity index (χ0) is 11.1. The van der Waals surface area contributed by atoms with Crippen LogP contribution in [-0.4, -0.2) is 4.98 Å². The smallest absolute Gasteiger partial charge is 0.153 e. The Hall–Kier alpha value is -1.83. The molecule has 0 radical (unpaired) electrons. The van der Waals surface area contributed by atoms with E-state index >= 15 is 0 Å². The molecule has 80 valence electrons. The summed E-state index contributed by atoms with van der Waals surface area (Å²) in [6.45, 7) is 4.38. The van der Waals surface area contributed by atoms with Crippen LogP contribution in [0.15, 0.2) is 40.9 Å². The number of nitrogens with zero attached hydrogens (tertiary/aromatic N) is 1. The minimum Gasteiger partial charge on any atom is -0.454 e. The lowest BCUT2D eigenvalue weighted by Gasteiger charge is -2.03. The van der Waals surface area contributed by atoms with Gasteiger partial charge in [0.2, 0.25) is 0 Å². The molecule has 2 nitrogen and oxygen atoms in total. The van der Waals surface area contributed by atoms with Crippen LogP contribution in [0.1, 0.15) is 25.3 Å². The van der Waals surface area contributed by atoms with E-state index in [1.54, 1.807) is 6.20 Å². The van der Waals surface area contributed by atoms with Crippen LogP contribution in [0.5, 0.6) is 0 Å². The van der Waals surface area contributed by atoms with E-state index in [1.165, 1.54) is 5.56 Å². The molecule has 2 heterocycles. The van der Waals surface area contributed by atoms with Crippen molar-refractivity contribution >= 4 is 22.1 Å². The Morgan fingerprint density at radius 1 is 1.12 bits per heavy atom. The van der Waals surface area contributed by atoms with E-state index in [2.05, 4.69) is 31.0 Å². The summed E-state index contributed by atoms with van der Waals surface area (Å²) in [5.74, 6) is 0.526. The van der Waals surface area contributed by atoms with Crippen molar-refractivity contribution in [1.82, 2.24) is 4.98 Å². The molecule has 0 atom stereocenters. The summed E-state index contributed by atoms with van der Waals surface area (Å²) in [6.07, 6.45) is 1.80. The van der Waals surface area contributed by atoms with Crippen molar-refractivity contribution < 1.29 is 4.42 Å². The van der Waals surface area contributed by atoms with Crippen LogP contribution in [0, 0.1) is 0 Å². The molecule has 0 aliphatic rings. The Labute approximate surface area is 93.9 Å². The zero-order valence-electron chi connectivity index (χ0n) is 9.40. The first-order valence-electron chi connectivity index (χ1n) is 5.53. The van der Waals surface area contributed by atoms with Crippen LogP contribution >= 0.6 is 0 Å². The van der Waals surface area contributed by atoms with Crippen molar-refractivity contribution in [1.29, 1.82) is 0 Å². The van der Waals surface area contributed by atoms with Gasteiger partial charge in [0.15, 0.2) is 5.58 Å². The van der Waals surface area contributed by atoms with Crippen molar-refractivity contribution in [3.63, 3.8) is 0 Å². The molecule has 1 aromatic carbocycles. The van der Waals surface area contributed by atoms with Gasteiger partial charge >= 0.3 is 0 Å². The van der Waals surface area contributed by atoms with E-state index in [0.717, 1.165) is 22.1 Å². The van der Waals surface area contributed by atoms with Crippen molar-refractivity contribution in [2.75, 3.05) is 0 Å². The van der Waals surface area contributed by atoms with Gasteiger partial charge in [-0.3, -0.25) is 4.98 Å². The number of benzene rings is 1. The molecular weight excluding hydrogens is 198 g/mol. The maximum Gasteiger partial charge on any atom is 0.153 e. The molecule has 0 bridgehead atoms. The molecule has 3 aromatic rings. The molecule has 0 aliphatic heterocycles. The van der Waals surface area contributed by atoms with Crippen molar-refractivity contribution in [2.45, 2.75) is 19.8 Å². The number of hydrogen-bond acceptors (Lipinski definition) is 2. The summed E-state index contributed by atoms with van der Waals surface area (Å²) in [7, 11) is 0. The van der Waals surface area contributed by atoms with E-state index in [-0.39, 0.29) is 0 Å². The first kappa shape index (κ1) is 9.40. The highest BCUT2D eigenvalue weighted by atomic mass is 16.3. The second kappa shape index (κ2) is 3.34. The van der Waals surface area contributed by atoms with E-state index in [4.69, 9.17) is 4.42 Å². The van der Waals surface area contributed by atoms with Crippen molar-refractivity contribution in [3.8, 4) is 0 Å². The average molecular weight is 211 g/mol. The SMILES string of the molecule is CC(C)c1ccc2oc3cccnc3c2c1. The molecule has 2 heteroatoms. The van der Waals surface area contributed by atoms with Gasteiger partial charge in [0, 0.05) is 11.6 Å². The Balaban J connectivity index is 2.40. The Bertz CT molecular complexity index is 652. The molecule has 2 aromatic heterocycles. The van der Waals surface area contributed by atoms with E-state index in [9.17, 15) is 0 Å². The third kappa shape index (κ3) is 1.30. The monoisotopic (exact) mass is 211 g/mol. The Morgan fingerprint density at radius 3 is 2.81 bits per heavy atom. The molecular formula is C14H13NO. The largest absolute Gasteiger partial charge is 0.454 e. The van der Waals surface area contributed by atoms with Gasteiger partial charge in [-0.15, -0.1) is 0 Å². The minimum absolute atomic E-state index is 0.526. The lowest BCUT2D eigenvalue weighted by Crippen LogP contribution is -1.85. The molecule has 0 amide bonds. The second-order valence-electron chi connectivity index (χ2n) is 4.36. The second-order valence-corrected chi connectivity index (χ2v) is 4.36. The standard InChI is InChI=1S/C14H13NO/c1-9(2)10-5-6-12-11(8-10)14-13(16-12)4-3-7-15-14/h3-9H,1-2H3. The molecule has 0 saturated heterocycles. The molecule has 3 rings (SSSR count). The minimum atomic E-state index is 0.526. The maximum atomic E-state index is 5.72. The van der Waals surface area contributed by atoms with Crippen molar-refractivity contribution in [2.24, 2.45) is 0 Å². The van der Waals surface area contributed by atoms with Gasteiger partial charge in [-0.05, 0) is 35.7 Å². The van der Waals surface area contributed by atoms with E-state index < -0.39 is 0 Å². The first-order valence-corrected chi connectivity index (χ1v) is 5.53. The highest BCUT2D eigenvalue weighted by Gasteiger charge is 2.08. The molecule has 0 N–H and O–H groups in total. The molecule has 0 spiro atoms. The topological polar surface area (TPSA) is 26.0 Å². The number of aromatic nitrogens is 1. The fourth-order valence-corrected chi connectivity index (χ4v) is 1.97. The maximum absolute atomic E-state index is 5.72. The fraction of sp³-hybridized carbons (Fsp3) is 0.214. The molecule has 0 unspecified atom stereocenters. The van der Waals surface area contributed by atoms with Gasteiger partial charge in [0.05, 0.1) is 0 Å². The molecule has 16 heavy (non-hydrogen) atoms. The van der Waals surface area contributed by atoms with Crippen LogP contribution in [-0.2, 0) is 0 Å². The lowest BCUT2D eigenvalue weighted by molar-refractivity contribution is 0.668. The summed E-state index contributed by atoms with van der Waals surface area (Å²) >= 11 is 0. The third-order valence-corrected chi connectivity index (χ3v) is 2.92. The third-order valence-electron chi connectivity index (χ3n) is 2.92. The van der Waals surface area contributed by atoms with Crippen LogP contribution in [0.4, 0.5) is 0 Å². The predicted molar refractivity (Wildman–Crippen MR) is 65.6 cm³/mol. The van der Waals surface area contributed by atoms with Gasteiger partial charge in [0.25, 0.3) is 0 Å². The van der Waals surface area contributed by atoms with Gasteiger partial charge in [-0.25, -0.2) is 0 Å². The Kier molecular flexibility index (Phi) is 1.96. The van der Waals surface area contributed by atoms with Crippen molar-refractivity contribution in [3.05, 3.63) is 42.1 Å². The normalized spacial score (nSPS) is 11.7. The van der Waals surface area contributed by atoms with Gasteiger partial charge in [-0.2, -0.15) is 0 Å². The van der Waals surface area contributed by atoms with E-state index in [1.807, 2.05) is 18.2 Å². The Morgan fingerprint density at radius 2 is 2.00 bits per heavy atom. The summed E-state index contributed by atoms with van der Waals surface area (Å²) in [4.78, 5) is 4.38.